The Morgan fingerprint density at radius 1 is 1.16 bits per heavy atom. The van der Waals surface area contributed by atoms with Gasteiger partial charge in [0.1, 0.15) is 0 Å². The first-order valence-electron chi connectivity index (χ1n) is 6.81. The van der Waals surface area contributed by atoms with E-state index < -0.39 is 0 Å². The van der Waals surface area contributed by atoms with Crippen molar-refractivity contribution in [1.82, 2.24) is 5.32 Å². The average molecular weight is 293 g/mol. The molecule has 1 aliphatic rings. The summed E-state index contributed by atoms with van der Waals surface area (Å²) in [7, 11) is 0. The van der Waals surface area contributed by atoms with Crippen LogP contribution in [0, 0.1) is 0 Å². The predicted molar refractivity (Wildman–Crippen MR) is 82.1 cm³/mol. The van der Waals surface area contributed by atoms with E-state index in [1.165, 1.54) is 9.75 Å². The Morgan fingerprint density at radius 2 is 1.95 bits per heavy atom. The molecular formula is C15H19NOS2. The molecule has 1 saturated heterocycles. The van der Waals surface area contributed by atoms with Crippen LogP contribution >= 0.6 is 22.7 Å². The first-order valence-corrected chi connectivity index (χ1v) is 8.57. The molecule has 0 amide bonds. The van der Waals surface area contributed by atoms with Crippen LogP contribution in [0.1, 0.15) is 28.6 Å². The molecule has 1 atom stereocenters. The van der Waals surface area contributed by atoms with Gasteiger partial charge < -0.3 is 10.1 Å². The number of rotatable bonds is 5. The topological polar surface area (TPSA) is 21.3 Å². The highest BCUT2D eigenvalue weighted by Gasteiger charge is 2.20. The molecule has 2 aromatic rings. The molecule has 0 spiro atoms. The van der Waals surface area contributed by atoms with E-state index in [1.807, 2.05) is 22.7 Å². The van der Waals surface area contributed by atoms with Crippen LogP contribution in [0.4, 0.5) is 0 Å². The van der Waals surface area contributed by atoms with Gasteiger partial charge in [-0.15, -0.1) is 22.7 Å². The zero-order valence-corrected chi connectivity index (χ0v) is 12.5. The Hall–Kier alpha value is -0.680. The fraction of sp³-hybridized carbons (Fsp3) is 0.467. The van der Waals surface area contributed by atoms with Crippen LogP contribution in [-0.4, -0.2) is 19.3 Å². The minimum atomic E-state index is 0.446. The van der Waals surface area contributed by atoms with Crippen molar-refractivity contribution >= 4 is 22.7 Å². The number of hydrogen-bond acceptors (Lipinski definition) is 4. The third-order valence-electron chi connectivity index (χ3n) is 3.53. The molecule has 0 aliphatic carbocycles. The third kappa shape index (κ3) is 3.66. The van der Waals surface area contributed by atoms with Crippen molar-refractivity contribution in [2.45, 2.75) is 31.3 Å². The van der Waals surface area contributed by atoms with E-state index in [-0.39, 0.29) is 0 Å². The largest absolute Gasteiger partial charge is 0.381 e. The van der Waals surface area contributed by atoms with Crippen LogP contribution in [0.2, 0.25) is 0 Å². The molecule has 4 heteroatoms. The molecule has 1 N–H and O–H groups in total. The monoisotopic (exact) mass is 293 g/mol. The Bertz CT molecular complexity index is 460. The van der Waals surface area contributed by atoms with Crippen molar-refractivity contribution in [2.24, 2.45) is 0 Å². The highest BCUT2D eigenvalue weighted by molar-refractivity contribution is 7.10. The molecule has 0 aromatic carbocycles. The third-order valence-corrected chi connectivity index (χ3v) is 5.41. The summed E-state index contributed by atoms with van der Waals surface area (Å²) < 4.78 is 5.44. The lowest BCUT2D eigenvalue weighted by molar-refractivity contribution is 0.0749. The second-order valence-electron chi connectivity index (χ2n) is 4.90. The van der Waals surface area contributed by atoms with Crippen molar-refractivity contribution in [1.29, 1.82) is 0 Å². The van der Waals surface area contributed by atoms with Gasteiger partial charge in [0.05, 0.1) is 0 Å². The van der Waals surface area contributed by atoms with Gasteiger partial charge in [0.15, 0.2) is 0 Å². The van der Waals surface area contributed by atoms with Gasteiger partial charge >= 0.3 is 0 Å². The maximum Gasteiger partial charge on any atom is 0.0480 e. The maximum atomic E-state index is 5.44. The van der Waals surface area contributed by atoms with E-state index >= 15 is 0 Å². The highest BCUT2D eigenvalue weighted by Crippen LogP contribution is 2.26. The molecule has 1 aliphatic heterocycles. The number of ether oxygens (including phenoxy) is 1. The molecule has 0 saturated carbocycles. The molecule has 19 heavy (non-hydrogen) atoms. The van der Waals surface area contributed by atoms with Crippen LogP contribution in [0.25, 0.3) is 0 Å². The fourth-order valence-electron chi connectivity index (χ4n) is 2.51. The summed E-state index contributed by atoms with van der Waals surface area (Å²) in [5, 5.41) is 8.16. The van der Waals surface area contributed by atoms with E-state index in [1.54, 1.807) is 0 Å². The van der Waals surface area contributed by atoms with Crippen molar-refractivity contribution in [2.75, 3.05) is 13.2 Å². The molecule has 2 nitrogen and oxygen atoms in total. The van der Waals surface area contributed by atoms with Gasteiger partial charge in [-0.1, -0.05) is 12.1 Å². The lowest BCUT2D eigenvalue weighted by Gasteiger charge is -2.28. The fourth-order valence-corrected chi connectivity index (χ4v) is 4.05. The second-order valence-corrected chi connectivity index (χ2v) is 6.92. The summed E-state index contributed by atoms with van der Waals surface area (Å²) in [6, 6.07) is 9.81. The zero-order valence-electron chi connectivity index (χ0n) is 10.9. The predicted octanol–water partition coefficient (Wildman–Crippen LogP) is 3.86. The molecule has 0 radical (unpaired) electrons. The summed E-state index contributed by atoms with van der Waals surface area (Å²) in [6.07, 6.45) is 3.36. The van der Waals surface area contributed by atoms with Gasteiger partial charge in [-0.2, -0.15) is 0 Å². The normalized spacial score (nSPS) is 18.5. The Balaban J connectivity index is 1.68. The summed E-state index contributed by atoms with van der Waals surface area (Å²) in [5.74, 6) is 0. The smallest absolute Gasteiger partial charge is 0.0480 e. The second kappa shape index (κ2) is 6.66. The molecule has 3 rings (SSSR count). The van der Waals surface area contributed by atoms with Crippen molar-refractivity contribution in [3.63, 3.8) is 0 Å². The van der Waals surface area contributed by atoms with Crippen molar-refractivity contribution in [3.8, 4) is 0 Å². The van der Waals surface area contributed by atoms with E-state index in [9.17, 15) is 0 Å². The van der Waals surface area contributed by atoms with Crippen molar-refractivity contribution in [3.05, 3.63) is 44.8 Å². The first-order chi connectivity index (χ1) is 9.42. The van der Waals surface area contributed by atoms with Crippen LogP contribution in [0.15, 0.2) is 35.0 Å². The van der Waals surface area contributed by atoms with Gasteiger partial charge in [0, 0.05) is 41.5 Å². The minimum Gasteiger partial charge on any atom is -0.381 e. The Morgan fingerprint density at radius 3 is 2.63 bits per heavy atom. The number of hydrogen-bond donors (Lipinski definition) is 1. The summed E-state index contributed by atoms with van der Waals surface area (Å²) in [6.45, 7) is 1.79. The Labute approximate surface area is 122 Å². The van der Waals surface area contributed by atoms with Crippen LogP contribution < -0.4 is 5.32 Å². The molecule has 1 fully saturated rings. The van der Waals surface area contributed by atoms with E-state index in [2.05, 4.69) is 40.3 Å². The Kier molecular flexibility index (Phi) is 4.66. The SMILES string of the molecule is c1csc(CC(NC2CCOCC2)c2cccs2)c1. The summed E-state index contributed by atoms with van der Waals surface area (Å²) >= 11 is 3.70. The van der Waals surface area contributed by atoms with Gasteiger partial charge in [-0.25, -0.2) is 0 Å². The molecule has 0 bridgehead atoms. The minimum absolute atomic E-state index is 0.446. The maximum absolute atomic E-state index is 5.44. The van der Waals surface area contributed by atoms with E-state index in [4.69, 9.17) is 4.74 Å². The molecule has 102 valence electrons. The van der Waals surface area contributed by atoms with Crippen LogP contribution in [-0.2, 0) is 11.2 Å². The van der Waals surface area contributed by atoms with Crippen LogP contribution in [0.3, 0.4) is 0 Å². The standard InChI is InChI=1S/C15H19NOS2/c1-3-13(18-9-1)11-14(15-4-2-10-19-15)16-12-5-7-17-8-6-12/h1-4,9-10,12,14,16H,5-8,11H2. The summed E-state index contributed by atoms with van der Waals surface area (Å²) in [4.78, 5) is 2.90. The number of thiophene rings is 2. The van der Waals surface area contributed by atoms with Crippen LogP contribution in [0.5, 0.6) is 0 Å². The van der Waals surface area contributed by atoms with Gasteiger partial charge in [-0.3, -0.25) is 0 Å². The quantitative estimate of drug-likeness (QED) is 0.904. The molecular weight excluding hydrogens is 274 g/mol. The van der Waals surface area contributed by atoms with E-state index in [0.717, 1.165) is 32.5 Å². The lowest BCUT2D eigenvalue weighted by Crippen LogP contribution is -2.37. The first kappa shape index (κ1) is 13.3. The lowest BCUT2D eigenvalue weighted by atomic mass is 10.0. The van der Waals surface area contributed by atoms with Crippen molar-refractivity contribution < 1.29 is 4.74 Å². The zero-order chi connectivity index (χ0) is 12.9. The molecule has 2 aromatic heterocycles. The number of nitrogens with one attached hydrogen (secondary N) is 1. The van der Waals surface area contributed by atoms with Gasteiger partial charge in [0.25, 0.3) is 0 Å². The highest BCUT2D eigenvalue weighted by atomic mass is 32.1. The molecule has 3 heterocycles. The van der Waals surface area contributed by atoms with Gasteiger partial charge in [-0.05, 0) is 35.7 Å². The van der Waals surface area contributed by atoms with Gasteiger partial charge in [0.2, 0.25) is 0 Å². The summed E-state index contributed by atoms with van der Waals surface area (Å²) in [5.41, 5.74) is 0. The van der Waals surface area contributed by atoms with E-state index in [0.29, 0.717) is 12.1 Å². The molecule has 1 unspecified atom stereocenters. The average Bonchev–Trinajstić information content (AvgIpc) is 3.12.